The fourth-order valence-corrected chi connectivity index (χ4v) is 6.77. The molecule has 0 heterocycles. The van der Waals surface area contributed by atoms with Crippen LogP contribution in [-0.2, 0) is 34.4 Å². The molecule has 2 atom stereocenters. The molecule has 2 aromatic carbocycles. The van der Waals surface area contributed by atoms with Gasteiger partial charge in [0.1, 0.15) is 21.9 Å². The van der Waals surface area contributed by atoms with Crippen molar-refractivity contribution in [1.82, 2.24) is 8.61 Å². The summed E-state index contributed by atoms with van der Waals surface area (Å²) >= 11 is 10.9. The highest BCUT2D eigenvalue weighted by Crippen LogP contribution is 2.34. The summed E-state index contributed by atoms with van der Waals surface area (Å²) in [6, 6.07) is 0.177. The second-order valence-electron chi connectivity index (χ2n) is 8.87. The van der Waals surface area contributed by atoms with Crippen LogP contribution in [0.25, 0.3) is 0 Å². The number of carboxylic acids is 1. The number of alkyl halides is 6. The van der Waals surface area contributed by atoms with Gasteiger partial charge in [0.15, 0.2) is 11.6 Å². The first-order chi connectivity index (χ1) is 20.8. The Morgan fingerprint density at radius 3 is 1.43 bits per heavy atom. The Morgan fingerprint density at radius 1 is 0.783 bits per heavy atom. The van der Waals surface area contributed by atoms with Crippen LogP contribution in [0.15, 0.2) is 46.2 Å². The minimum absolute atomic E-state index is 0.112. The molecule has 0 fully saturated rings. The Kier molecular flexibility index (Phi) is 14.2. The third kappa shape index (κ3) is 10.4. The number of carbonyl (C=O) groups is 2. The minimum Gasteiger partial charge on any atom is -0.481 e. The van der Waals surface area contributed by atoms with E-state index in [9.17, 15) is 61.5 Å². The Hall–Kier alpha value is -2.78. The minimum atomic E-state index is -5.14. The summed E-state index contributed by atoms with van der Waals surface area (Å²) in [6.45, 7) is 1.23. The predicted molar refractivity (Wildman–Crippen MR) is 146 cm³/mol. The van der Waals surface area contributed by atoms with E-state index in [1.54, 1.807) is 0 Å². The SMILES string of the molecule is CCOC(=O)C[C@H](N(C)S(=O)(=O)c1cccc(Cl)c1F)C(F)(F)F.CN([C@@H](CC(=O)O)C(F)(F)F)S(=O)(=O)c1cccc(Cl)c1F. The number of halogens is 10. The number of aliphatic carboxylic acids is 1. The molecule has 0 aliphatic rings. The molecule has 46 heavy (non-hydrogen) atoms. The molecule has 10 nitrogen and oxygen atoms in total. The monoisotopic (exact) mass is 754 g/mol. The lowest BCUT2D eigenvalue weighted by molar-refractivity contribution is -0.179. The van der Waals surface area contributed by atoms with Crippen LogP contribution >= 0.6 is 23.2 Å². The van der Waals surface area contributed by atoms with Crippen LogP contribution in [0.3, 0.4) is 0 Å². The van der Waals surface area contributed by atoms with Gasteiger partial charge in [-0.05, 0) is 31.2 Å². The van der Waals surface area contributed by atoms with E-state index in [0.29, 0.717) is 14.1 Å². The lowest BCUT2D eigenvalue weighted by atomic mass is 10.2. The maximum absolute atomic E-state index is 13.9. The molecule has 0 radical (unpaired) electrons. The number of benzene rings is 2. The quantitative estimate of drug-likeness (QED) is 0.235. The highest BCUT2D eigenvalue weighted by atomic mass is 35.5. The zero-order valence-electron chi connectivity index (χ0n) is 23.5. The standard InChI is InChI=1S/C13H14ClF4NO4S.C11H10ClF4NO4S/c1-3-23-11(20)7-10(13(16,17)18)19(2)24(21,22)9-6-4-5-8(14)12(9)15;1-17(8(5-9(18)19)11(14,15)16)22(20,21)7-4-2-3-6(12)10(7)13/h4-6,10H,3,7H2,1-2H3;2-4,8H,5H2,1H3,(H,18,19)/t10-;8-/m00/s1. The summed E-state index contributed by atoms with van der Waals surface area (Å²) in [5, 5.41) is 7.37. The Morgan fingerprint density at radius 2 is 1.13 bits per heavy atom. The summed E-state index contributed by atoms with van der Waals surface area (Å²) in [4.78, 5) is 19.8. The summed E-state index contributed by atoms with van der Waals surface area (Å²) in [5.74, 6) is -5.86. The molecular weight excluding hydrogens is 731 g/mol. The molecule has 260 valence electrons. The van der Waals surface area contributed by atoms with Crippen molar-refractivity contribution in [3.05, 3.63) is 58.1 Å². The normalized spacial score (nSPS) is 14.0. The lowest BCUT2D eigenvalue weighted by Gasteiger charge is -2.28. The smallest absolute Gasteiger partial charge is 0.405 e. The van der Waals surface area contributed by atoms with Gasteiger partial charge in [-0.3, -0.25) is 9.59 Å². The van der Waals surface area contributed by atoms with Gasteiger partial charge in [0, 0.05) is 14.1 Å². The summed E-state index contributed by atoms with van der Waals surface area (Å²) in [5.41, 5.74) is 0. The molecule has 0 amide bonds. The van der Waals surface area contributed by atoms with Crippen LogP contribution < -0.4 is 0 Å². The van der Waals surface area contributed by atoms with Crippen LogP contribution in [0.2, 0.25) is 10.0 Å². The highest BCUT2D eigenvalue weighted by molar-refractivity contribution is 7.89. The fourth-order valence-electron chi connectivity index (χ4n) is 3.46. The van der Waals surface area contributed by atoms with Crippen molar-refractivity contribution in [3.8, 4) is 0 Å². The van der Waals surface area contributed by atoms with Crippen LogP contribution in [0.5, 0.6) is 0 Å². The fraction of sp³-hybridized carbons (Fsp3) is 0.417. The Labute approximate surface area is 267 Å². The predicted octanol–water partition coefficient (Wildman–Crippen LogP) is 5.49. The van der Waals surface area contributed by atoms with Gasteiger partial charge in [0.05, 0.1) is 29.5 Å². The average Bonchev–Trinajstić information content (AvgIpc) is 2.91. The van der Waals surface area contributed by atoms with Gasteiger partial charge in [-0.2, -0.15) is 35.0 Å². The van der Waals surface area contributed by atoms with Crippen LogP contribution in [0.1, 0.15) is 19.8 Å². The number of carboxylic acid groups (broad SMARTS) is 1. The number of carbonyl (C=O) groups excluding carboxylic acids is 1. The van der Waals surface area contributed by atoms with E-state index in [-0.39, 0.29) is 15.2 Å². The number of hydrogen-bond donors (Lipinski definition) is 1. The lowest BCUT2D eigenvalue weighted by Crippen LogP contribution is -2.48. The van der Waals surface area contributed by atoms with Crippen molar-refractivity contribution in [2.75, 3.05) is 20.7 Å². The second kappa shape index (κ2) is 15.9. The van der Waals surface area contributed by atoms with Crippen LogP contribution in [0, 0.1) is 11.6 Å². The molecule has 1 N–H and O–H groups in total. The summed E-state index contributed by atoms with van der Waals surface area (Å²) < 4.78 is 159. The van der Waals surface area contributed by atoms with E-state index < -0.39 is 101 Å². The molecule has 0 saturated carbocycles. The third-order valence-electron chi connectivity index (χ3n) is 5.81. The van der Waals surface area contributed by atoms with Gasteiger partial charge in [0.2, 0.25) is 20.0 Å². The van der Waals surface area contributed by atoms with Crippen molar-refractivity contribution in [2.24, 2.45) is 0 Å². The maximum atomic E-state index is 13.9. The van der Waals surface area contributed by atoms with Crippen molar-refractivity contribution in [1.29, 1.82) is 0 Å². The van der Waals surface area contributed by atoms with Crippen LogP contribution in [0.4, 0.5) is 35.1 Å². The summed E-state index contributed by atoms with van der Waals surface area (Å²) in [6.07, 6.45) is -13.0. The molecule has 2 rings (SSSR count). The molecule has 0 spiro atoms. The molecule has 2 aromatic rings. The Bertz CT molecular complexity index is 1620. The van der Waals surface area contributed by atoms with E-state index in [1.807, 2.05) is 0 Å². The van der Waals surface area contributed by atoms with Gasteiger partial charge in [-0.1, -0.05) is 35.3 Å². The third-order valence-corrected chi connectivity index (χ3v) is 10.2. The zero-order chi connectivity index (χ0) is 36.0. The number of sulfonamides is 2. The number of esters is 1. The van der Waals surface area contributed by atoms with E-state index in [1.165, 1.54) is 6.92 Å². The topological polar surface area (TPSA) is 138 Å². The maximum Gasteiger partial charge on any atom is 0.405 e. The summed E-state index contributed by atoms with van der Waals surface area (Å²) in [7, 11) is -8.69. The second-order valence-corrected chi connectivity index (χ2v) is 13.6. The van der Waals surface area contributed by atoms with Gasteiger partial charge >= 0.3 is 24.3 Å². The largest absolute Gasteiger partial charge is 0.481 e. The number of ether oxygens (including phenoxy) is 1. The highest BCUT2D eigenvalue weighted by Gasteiger charge is 2.49. The molecule has 0 bridgehead atoms. The number of rotatable bonds is 11. The van der Waals surface area contributed by atoms with E-state index in [0.717, 1.165) is 36.4 Å². The molecule has 22 heteroatoms. The first-order valence-corrected chi connectivity index (χ1v) is 15.8. The van der Waals surface area contributed by atoms with E-state index in [4.69, 9.17) is 28.3 Å². The van der Waals surface area contributed by atoms with Gasteiger partial charge in [-0.25, -0.2) is 25.6 Å². The molecule has 0 aliphatic heterocycles. The van der Waals surface area contributed by atoms with Gasteiger partial charge < -0.3 is 9.84 Å². The van der Waals surface area contributed by atoms with Gasteiger partial charge in [0.25, 0.3) is 0 Å². The first kappa shape index (κ1) is 41.2. The first-order valence-electron chi connectivity index (χ1n) is 12.2. The number of nitrogens with zero attached hydrogens (tertiary/aromatic N) is 2. The average molecular weight is 755 g/mol. The molecule has 0 aliphatic carbocycles. The Balaban J connectivity index is 0.000000462. The molecular formula is C24H24Cl2F8N2O8S2. The van der Waals surface area contributed by atoms with Crippen molar-refractivity contribution < 1.29 is 71.4 Å². The number of hydrogen-bond acceptors (Lipinski definition) is 7. The van der Waals surface area contributed by atoms with E-state index in [2.05, 4.69) is 4.74 Å². The van der Waals surface area contributed by atoms with Crippen molar-refractivity contribution in [2.45, 2.75) is 54.0 Å². The zero-order valence-corrected chi connectivity index (χ0v) is 26.7. The van der Waals surface area contributed by atoms with E-state index >= 15 is 0 Å². The van der Waals surface area contributed by atoms with Crippen LogP contribution in [-0.4, -0.2) is 87.6 Å². The van der Waals surface area contributed by atoms with Crippen molar-refractivity contribution in [3.63, 3.8) is 0 Å². The molecule has 0 saturated heterocycles. The molecule has 0 aromatic heterocycles. The van der Waals surface area contributed by atoms with Crippen molar-refractivity contribution >= 4 is 55.2 Å². The van der Waals surface area contributed by atoms with Gasteiger partial charge in [-0.15, -0.1) is 0 Å². The molecule has 0 unspecified atom stereocenters.